The summed E-state index contributed by atoms with van der Waals surface area (Å²) in [5.74, 6) is 0.575. The molecule has 0 spiro atoms. The number of carbonyl (C=O) groups is 1. The lowest BCUT2D eigenvalue weighted by Gasteiger charge is -2.19. The van der Waals surface area contributed by atoms with E-state index in [0.717, 1.165) is 12.8 Å². The van der Waals surface area contributed by atoms with Crippen molar-refractivity contribution in [2.45, 2.75) is 59.5 Å². The fourth-order valence-electron chi connectivity index (χ4n) is 1.05. The molecule has 0 N–H and O–H groups in total. The summed E-state index contributed by atoms with van der Waals surface area (Å²) >= 11 is 0. The van der Waals surface area contributed by atoms with Crippen LogP contribution in [0.3, 0.4) is 0 Å². The second kappa shape index (κ2) is 6.05. The van der Waals surface area contributed by atoms with Gasteiger partial charge in [-0.25, -0.2) is 0 Å². The maximum absolute atomic E-state index is 11.2. The van der Waals surface area contributed by atoms with Gasteiger partial charge in [0.25, 0.3) is 0 Å². The highest BCUT2D eigenvalue weighted by Gasteiger charge is 2.15. The van der Waals surface area contributed by atoms with Crippen molar-refractivity contribution in [3.63, 3.8) is 0 Å². The fourth-order valence-corrected chi connectivity index (χ4v) is 1.05. The lowest BCUT2D eigenvalue weighted by molar-refractivity contribution is -0.154. The van der Waals surface area contributed by atoms with Crippen molar-refractivity contribution >= 4 is 5.97 Å². The molecule has 2 heteroatoms. The summed E-state index contributed by atoms with van der Waals surface area (Å²) < 4.78 is 5.17. The maximum atomic E-state index is 11.2. The van der Waals surface area contributed by atoms with Gasteiger partial charge in [0.05, 0.1) is 0 Å². The zero-order valence-corrected chi connectivity index (χ0v) is 10.1. The van der Waals surface area contributed by atoms with Crippen molar-refractivity contribution in [2.75, 3.05) is 0 Å². The summed E-state index contributed by atoms with van der Waals surface area (Å²) in [7, 11) is 0. The second-order valence-corrected chi connectivity index (χ2v) is 5.05. The minimum Gasteiger partial charge on any atom is -0.460 e. The number of unbranched alkanes of at least 4 members (excludes halogenated alkanes) is 1. The van der Waals surface area contributed by atoms with Gasteiger partial charge >= 0.3 is 5.97 Å². The van der Waals surface area contributed by atoms with Gasteiger partial charge in [0.1, 0.15) is 5.60 Å². The Labute approximate surface area is 88.0 Å². The third-order valence-electron chi connectivity index (χ3n) is 1.68. The van der Waals surface area contributed by atoms with Crippen LogP contribution in [0, 0.1) is 12.3 Å². The molecule has 14 heavy (non-hydrogen) atoms. The first-order valence-corrected chi connectivity index (χ1v) is 5.35. The van der Waals surface area contributed by atoms with Crippen LogP contribution >= 0.6 is 0 Å². The SMILES string of the molecule is CC(C)CC[CH]CC(=O)OC(C)(C)C. The van der Waals surface area contributed by atoms with Crippen molar-refractivity contribution in [2.24, 2.45) is 5.92 Å². The summed E-state index contributed by atoms with van der Waals surface area (Å²) in [5, 5.41) is 0. The Morgan fingerprint density at radius 3 is 2.36 bits per heavy atom. The highest BCUT2D eigenvalue weighted by atomic mass is 16.6. The predicted octanol–water partition coefficient (Wildman–Crippen LogP) is 3.36. The van der Waals surface area contributed by atoms with Gasteiger partial charge in [-0.1, -0.05) is 20.3 Å². The summed E-state index contributed by atoms with van der Waals surface area (Å²) in [4.78, 5) is 11.2. The minimum absolute atomic E-state index is 0.124. The molecule has 0 aromatic rings. The van der Waals surface area contributed by atoms with Gasteiger partial charge in [0.15, 0.2) is 0 Å². The van der Waals surface area contributed by atoms with Gasteiger partial charge < -0.3 is 4.74 Å². The number of hydrogen-bond donors (Lipinski definition) is 0. The number of esters is 1. The standard InChI is InChI=1S/C12H23O2/c1-10(2)8-6-7-9-11(13)14-12(3,4)5/h7,10H,6,8-9H2,1-5H3. The topological polar surface area (TPSA) is 26.3 Å². The largest absolute Gasteiger partial charge is 0.460 e. The molecule has 0 aromatic heterocycles. The van der Waals surface area contributed by atoms with Crippen LogP contribution in [-0.2, 0) is 9.53 Å². The normalized spacial score (nSPS) is 11.9. The van der Waals surface area contributed by atoms with Gasteiger partial charge in [-0.15, -0.1) is 0 Å². The van der Waals surface area contributed by atoms with Crippen molar-refractivity contribution in [3.05, 3.63) is 6.42 Å². The highest BCUT2D eigenvalue weighted by Crippen LogP contribution is 2.11. The van der Waals surface area contributed by atoms with E-state index in [1.54, 1.807) is 0 Å². The molecule has 0 aromatic carbocycles. The quantitative estimate of drug-likeness (QED) is 0.501. The van der Waals surface area contributed by atoms with E-state index in [0.29, 0.717) is 12.3 Å². The molecule has 0 unspecified atom stereocenters. The Kier molecular flexibility index (Phi) is 5.82. The minimum atomic E-state index is -0.358. The summed E-state index contributed by atoms with van der Waals surface area (Å²) in [6.07, 6.45) is 4.58. The summed E-state index contributed by atoms with van der Waals surface area (Å²) in [5.41, 5.74) is -0.358. The molecule has 0 atom stereocenters. The van der Waals surface area contributed by atoms with Crippen LogP contribution in [0.25, 0.3) is 0 Å². The lowest BCUT2D eigenvalue weighted by Crippen LogP contribution is -2.23. The van der Waals surface area contributed by atoms with Crippen molar-refractivity contribution in [1.82, 2.24) is 0 Å². The molecule has 0 bridgehead atoms. The van der Waals surface area contributed by atoms with Crippen LogP contribution in [0.1, 0.15) is 53.9 Å². The molecule has 0 amide bonds. The first-order valence-electron chi connectivity index (χ1n) is 5.35. The molecule has 0 fully saturated rings. The molecule has 1 radical (unpaired) electrons. The zero-order chi connectivity index (χ0) is 11.2. The molecule has 0 saturated heterocycles. The number of carbonyl (C=O) groups excluding carboxylic acids is 1. The van der Waals surface area contributed by atoms with Gasteiger partial charge in [0, 0.05) is 6.42 Å². The Hall–Kier alpha value is -0.530. The molecule has 0 aliphatic rings. The van der Waals surface area contributed by atoms with Crippen molar-refractivity contribution in [1.29, 1.82) is 0 Å². The van der Waals surface area contributed by atoms with Gasteiger partial charge in [-0.2, -0.15) is 0 Å². The molecule has 83 valence electrons. The molecular weight excluding hydrogens is 176 g/mol. The number of ether oxygens (including phenoxy) is 1. The molecule has 0 aliphatic heterocycles. The second-order valence-electron chi connectivity index (χ2n) is 5.05. The van der Waals surface area contributed by atoms with Crippen LogP contribution in [0.5, 0.6) is 0 Å². The molecule has 2 nitrogen and oxygen atoms in total. The van der Waals surface area contributed by atoms with Crippen LogP contribution < -0.4 is 0 Å². The van der Waals surface area contributed by atoms with E-state index in [1.165, 1.54) is 0 Å². The average molecular weight is 199 g/mol. The lowest BCUT2D eigenvalue weighted by atomic mass is 10.1. The van der Waals surface area contributed by atoms with Crippen LogP contribution in [0.4, 0.5) is 0 Å². The Bertz CT molecular complexity index is 166. The molecule has 0 heterocycles. The number of hydrogen-bond acceptors (Lipinski definition) is 2. The van der Waals surface area contributed by atoms with E-state index in [-0.39, 0.29) is 11.6 Å². The zero-order valence-electron chi connectivity index (χ0n) is 10.1. The van der Waals surface area contributed by atoms with E-state index in [9.17, 15) is 4.79 Å². The smallest absolute Gasteiger partial charge is 0.306 e. The van der Waals surface area contributed by atoms with Crippen LogP contribution in [0.15, 0.2) is 0 Å². The molecule has 0 rings (SSSR count). The number of rotatable bonds is 5. The maximum Gasteiger partial charge on any atom is 0.306 e. The van der Waals surface area contributed by atoms with E-state index >= 15 is 0 Å². The van der Waals surface area contributed by atoms with E-state index < -0.39 is 0 Å². The van der Waals surface area contributed by atoms with Gasteiger partial charge in [0.2, 0.25) is 0 Å². The predicted molar refractivity (Wildman–Crippen MR) is 58.8 cm³/mol. The van der Waals surface area contributed by atoms with Crippen molar-refractivity contribution < 1.29 is 9.53 Å². The summed E-state index contributed by atoms with van der Waals surface area (Å²) in [6, 6.07) is 0. The van der Waals surface area contributed by atoms with E-state index in [1.807, 2.05) is 27.2 Å². The van der Waals surface area contributed by atoms with Crippen molar-refractivity contribution in [3.8, 4) is 0 Å². The molecule has 0 aliphatic carbocycles. The Balaban J connectivity index is 3.46. The third-order valence-corrected chi connectivity index (χ3v) is 1.68. The first-order chi connectivity index (χ1) is 6.31. The van der Waals surface area contributed by atoms with E-state index in [2.05, 4.69) is 13.8 Å². The molecular formula is C12H23O2. The first kappa shape index (κ1) is 13.5. The van der Waals surface area contributed by atoms with Gasteiger partial charge in [-0.05, 0) is 39.5 Å². The van der Waals surface area contributed by atoms with Gasteiger partial charge in [-0.3, -0.25) is 4.79 Å². The Morgan fingerprint density at radius 2 is 1.93 bits per heavy atom. The average Bonchev–Trinajstić information content (AvgIpc) is 1.94. The monoisotopic (exact) mass is 199 g/mol. The summed E-state index contributed by atoms with van der Waals surface area (Å²) in [6.45, 7) is 10.0. The van der Waals surface area contributed by atoms with E-state index in [4.69, 9.17) is 4.74 Å². The highest BCUT2D eigenvalue weighted by molar-refractivity contribution is 5.71. The third kappa shape index (κ3) is 9.56. The van der Waals surface area contributed by atoms with Crippen LogP contribution in [-0.4, -0.2) is 11.6 Å². The van der Waals surface area contributed by atoms with Crippen LogP contribution in [0.2, 0.25) is 0 Å². The Morgan fingerprint density at radius 1 is 1.36 bits per heavy atom. The molecule has 0 saturated carbocycles. The fraction of sp³-hybridized carbons (Fsp3) is 0.833.